The summed E-state index contributed by atoms with van der Waals surface area (Å²) in [6, 6.07) is 17.2. The summed E-state index contributed by atoms with van der Waals surface area (Å²) in [5.74, 6) is 0.354. The molecule has 1 N–H and O–H groups in total. The highest BCUT2D eigenvalue weighted by molar-refractivity contribution is 5.88. The maximum atomic E-state index is 13.0. The third-order valence-electron chi connectivity index (χ3n) is 4.92. The zero-order valence-corrected chi connectivity index (χ0v) is 17.7. The van der Waals surface area contributed by atoms with Gasteiger partial charge in [0.1, 0.15) is 11.8 Å². The van der Waals surface area contributed by atoms with Crippen LogP contribution in [0.25, 0.3) is 0 Å². The molecule has 1 atom stereocenters. The smallest absolute Gasteiger partial charge is 0.261 e. The van der Waals surface area contributed by atoms with Crippen LogP contribution in [0.4, 0.5) is 0 Å². The summed E-state index contributed by atoms with van der Waals surface area (Å²) < 4.78 is 5.71. The van der Waals surface area contributed by atoms with Crippen molar-refractivity contribution >= 4 is 11.8 Å². The van der Waals surface area contributed by atoms with E-state index < -0.39 is 6.04 Å². The number of nitrogens with one attached hydrogen (secondary N) is 1. The molecule has 0 aromatic heterocycles. The molecule has 0 heterocycles. The molecule has 0 saturated carbocycles. The van der Waals surface area contributed by atoms with E-state index in [0.717, 1.165) is 12.0 Å². The number of hydrogen-bond acceptors (Lipinski definition) is 3. The molecule has 29 heavy (non-hydrogen) atoms. The second-order valence-corrected chi connectivity index (χ2v) is 6.93. The highest BCUT2D eigenvalue weighted by Gasteiger charge is 2.28. The molecule has 0 aliphatic heterocycles. The van der Waals surface area contributed by atoms with E-state index in [1.807, 2.05) is 68.4 Å². The van der Waals surface area contributed by atoms with E-state index in [2.05, 4.69) is 12.2 Å². The fourth-order valence-electron chi connectivity index (χ4n) is 3.24. The van der Waals surface area contributed by atoms with Crippen LogP contribution in [0.15, 0.2) is 54.6 Å². The second-order valence-electron chi connectivity index (χ2n) is 6.93. The lowest BCUT2D eigenvalue weighted by Gasteiger charge is -2.30. The molecule has 0 bridgehead atoms. The SMILES string of the molecule is CCNC(=O)[C@@H](CC)N(CCc1ccccc1)C(=O)COc1ccc(CC)cc1. The third-order valence-corrected chi connectivity index (χ3v) is 4.92. The molecule has 0 unspecified atom stereocenters. The molecule has 0 fully saturated rings. The number of aryl methyl sites for hydroxylation is 1. The maximum Gasteiger partial charge on any atom is 0.261 e. The molecule has 0 aliphatic rings. The molecule has 0 spiro atoms. The molecule has 2 aromatic rings. The van der Waals surface area contributed by atoms with E-state index in [1.165, 1.54) is 5.56 Å². The quantitative estimate of drug-likeness (QED) is 0.631. The summed E-state index contributed by atoms with van der Waals surface area (Å²) in [4.78, 5) is 27.2. The van der Waals surface area contributed by atoms with Gasteiger partial charge in [-0.05, 0) is 49.4 Å². The van der Waals surface area contributed by atoms with Gasteiger partial charge in [0.2, 0.25) is 5.91 Å². The summed E-state index contributed by atoms with van der Waals surface area (Å²) in [7, 11) is 0. The van der Waals surface area contributed by atoms with E-state index in [0.29, 0.717) is 31.7 Å². The van der Waals surface area contributed by atoms with Crippen LogP contribution in [-0.2, 0) is 22.4 Å². The van der Waals surface area contributed by atoms with Crippen LogP contribution in [0.2, 0.25) is 0 Å². The normalized spacial score (nSPS) is 11.6. The van der Waals surface area contributed by atoms with Crippen LogP contribution in [0.1, 0.15) is 38.3 Å². The van der Waals surface area contributed by atoms with Gasteiger partial charge in [-0.1, -0.05) is 56.3 Å². The molecule has 5 nitrogen and oxygen atoms in total. The molecule has 2 aromatic carbocycles. The molecular formula is C24H32N2O3. The lowest BCUT2D eigenvalue weighted by atomic mass is 10.1. The van der Waals surface area contributed by atoms with Crippen molar-refractivity contribution in [1.29, 1.82) is 0 Å². The van der Waals surface area contributed by atoms with Gasteiger partial charge in [-0.15, -0.1) is 0 Å². The standard InChI is InChI=1S/C24H32N2O3/c1-4-19-12-14-21(15-13-19)29-18-23(27)26(22(5-2)24(28)25-6-3)17-16-20-10-8-7-9-11-20/h7-15,22H,4-6,16-18H2,1-3H3,(H,25,28)/t22-/m1/s1. The Morgan fingerprint density at radius 3 is 2.24 bits per heavy atom. The Kier molecular flexibility index (Phi) is 9.22. The maximum absolute atomic E-state index is 13.0. The first-order valence-electron chi connectivity index (χ1n) is 10.4. The molecule has 2 rings (SSSR count). The average molecular weight is 397 g/mol. The van der Waals surface area contributed by atoms with Crippen LogP contribution in [-0.4, -0.2) is 42.5 Å². The van der Waals surface area contributed by atoms with Crippen LogP contribution >= 0.6 is 0 Å². The van der Waals surface area contributed by atoms with Crippen molar-refractivity contribution in [3.63, 3.8) is 0 Å². The zero-order valence-electron chi connectivity index (χ0n) is 17.7. The Hall–Kier alpha value is -2.82. The summed E-state index contributed by atoms with van der Waals surface area (Å²) in [6.07, 6.45) is 2.20. The lowest BCUT2D eigenvalue weighted by Crippen LogP contribution is -2.51. The number of nitrogens with zero attached hydrogens (tertiary/aromatic N) is 1. The Labute approximate surface area is 174 Å². The van der Waals surface area contributed by atoms with Crippen molar-refractivity contribution in [2.24, 2.45) is 0 Å². The van der Waals surface area contributed by atoms with Gasteiger partial charge in [0.05, 0.1) is 0 Å². The van der Waals surface area contributed by atoms with Gasteiger partial charge < -0.3 is 15.0 Å². The fraction of sp³-hybridized carbons (Fsp3) is 0.417. The van der Waals surface area contributed by atoms with E-state index in [1.54, 1.807) is 4.90 Å². The Morgan fingerprint density at radius 2 is 1.66 bits per heavy atom. The number of likely N-dealkylation sites (N-methyl/N-ethyl adjacent to an activating group) is 1. The molecule has 5 heteroatoms. The van der Waals surface area contributed by atoms with Crippen molar-refractivity contribution in [2.45, 2.75) is 46.1 Å². The topological polar surface area (TPSA) is 58.6 Å². The van der Waals surface area contributed by atoms with Gasteiger partial charge >= 0.3 is 0 Å². The molecule has 0 radical (unpaired) electrons. The lowest BCUT2D eigenvalue weighted by molar-refractivity contribution is -0.142. The molecular weight excluding hydrogens is 364 g/mol. The van der Waals surface area contributed by atoms with Crippen molar-refractivity contribution in [1.82, 2.24) is 10.2 Å². The van der Waals surface area contributed by atoms with Crippen LogP contribution in [0, 0.1) is 0 Å². The number of ether oxygens (including phenoxy) is 1. The van der Waals surface area contributed by atoms with Gasteiger partial charge in [0, 0.05) is 13.1 Å². The first kappa shape index (κ1) is 22.5. The number of benzene rings is 2. The Morgan fingerprint density at radius 1 is 0.966 bits per heavy atom. The number of rotatable bonds is 11. The van der Waals surface area contributed by atoms with Crippen molar-refractivity contribution in [2.75, 3.05) is 19.7 Å². The Bertz CT molecular complexity index is 759. The van der Waals surface area contributed by atoms with Gasteiger partial charge in [0.15, 0.2) is 6.61 Å². The van der Waals surface area contributed by atoms with Crippen LogP contribution in [0.3, 0.4) is 0 Å². The highest BCUT2D eigenvalue weighted by Crippen LogP contribution is 2.14. The van der Waals surface area contributed by atoms with E-state index in [4.69, 9.17) is 4.74 Å². The number of carbonyl (C=O) groups excluding carboxylic acids is 2. The summed E-state index contributed by atoms with van der Waals surface area (Å²) in [5.41, 5.74) is 2.35. The zero-order chi connectivity index (χ0) is 21.1. The van der Waals surface area contributed by atoms with Crippen molar-refractivity contribution < 1.29 is 14.3 Å². The number of hydrogen-bond donors (Lipinski definition) is 1. The largest absolute Gasteiger partial charge is 0.484 e. The summed E-state index contributed by atoms with van der Waals surface area (Å²) >= 11 is 0. The van der Waals surface area contributed by atoms with Crippen molar-refractivity contribution in [3.8, 4) is 5.75 Å². The van der Waals surface area contributed by atoms with Gasteiger partial charge in [-0.25, -0.2) is 0 Å². The summed E-state index contributed by atoms with van der Waals surface area (Å²) in [5, 5.41) is 2.84. The van der Waals surface area contributed by atoms with Gasteiger partial charge in [-0.3, -0.25) is 9.59 Å². The molecule has 0 saturated heterocycles. The number of amides is 2. The van der Waals surface area contributed by atoms with Crippen molar-refractivity contribution in [3.05, 3.63) is 65.7 Å². The predicted molar refractivity (Wildman–Crippen MR) is 116 cm³/mol. The second kappa shape index (κ2) is 11.9. The van der Waals surface area contributed by atoms with Crippen LogP contribution in [0.5, 0.6) is 5.75 Å². The third kappa shape index (κ3) is 6.93. The minimum absolute atomic E-state index is 0.0871. The molecule has 0 aliphatic carbocycles. The number of carbonyl (C=O) groups is 2. The fourth-order valence-corrected chi connectivity index (χ4v) is 3.24. The highest BCUT2D eigenvalue weighted by atomic mass is 16.5. The van der Waals surface area contributed by atoms with Gasteiger partial charge in [0.25, 0.3) is 5.91 Å². The van der Waals surface area contributed by atoms with Crippen LogP contribution < -0.4 is 10.1 Å². The monoisotopic (exact) mass is 396 g/mol. The Balaban J connectivity index is 2.08. The predicted octanol–water partition coefficient (Wildman–Crippen LogP) is 3.61. The minimum Gasteiger partial charge on any atom is -0.484 e. The molecule has 156 valence electrons. The van der Waals surface area contributed by atoms with E-state index in [9.17, 15) is 9.59 Å². The van der Waals surface area contributed by atoms with E-state index >= 15 is 0 Å². The van der Waals surface area contributed by atoms with Gasteiger partial charge in [-0.2, -0.15) is 0 Å². The summed E-state index contributed by atoms with van der Waals surface area (Å²) in [6.45, 7) is 6.82. The minimum atomic E-state index is -0.503. The van der Waals surface area contributed by atoms with E-state index in [-0.39, 0.29) is 18.4 Å². The average Bonchev–Trinajstić information content (AvgIpc) is 2.76. The first-order valence-corrected chi connectivity index (χ1v) is 10.4. The molecule has 2 amide bonds. The first-order chi connectivity index (χ1) is 14.1.